The molecule has 2 aromatic carbocycles. The van der Waals surface area contributed by atoms with Gasteiger partial charge in [-0.15, -0.1) is 0 Å². The molecule has 0 fully saturated rings. The average Bonchev–Trinajstić information content (AvgIpc) is 3.14. The monoisotopic (exact) mass is 385 g/mol. The van der Waals surface area contributed by atoms with Crippen LogP contribution in [0, 0.1) is 0 Å². The normalized spacial score (nSPS) is 11.0. The van der Waals surface area contributed by atoms with Crippen molar-refractivity contribution in [1.29, 1.82) is 0 Å². The Kier molecular flexibility index (Phi) is 5.28. The molecular weight excluding hydrogens is 369 g/mol. The third kappa shape index (κ3) is 4.23. The molecule has 0 spiro atoms. The molecule has 0 aliphatic heterocycles. The van der Waals surface area contributed by atoms with E-state index in [0.29, 0.717) is 5.75 Å². The van der Waals surface area contributed by atoms with E-state index in [0.717, 1.165) is 22.0 Å². The fourth-order valence-corrected chi connectivity index (χ4v) is 4.69. The van der Waals surface area contributed by atoms with E-state index in [4.69, 9.17) is 9.84 Å². The van der Waals surface area contributed by atoms with E-state index in [-0.39, 0.29) is 6.61 Å². The third-order valence-corrected chi connectivity index (χ3v) is 6.06. The number of nitrogens with zero attached hydrogens (tertiary/aromatic N) is 2. The van der Waals surface area contributed by atoms with Gasteiger partial charge in [-0.3, -0.25) is 0 Å². The Balaban J connectivity index is 1.70. The molecule has 0 aliphatic carbocycles. The molecule has 24 heavy (non-hydrogen) atoms. The van der Waals surface area contributed by atoms with Crippen LogP contribution in [0.4, 0.5) is 0 Å². The Morgan fingerprint density at radius 2 is 2.08 bits per heavy atom. The molecule has 7 heteroatoms. The molecule has 0 radical (unpaired) electrons. The predicted octanol–water partition coefficient (Wildman–Crippen LogP) is 1.20. The number of rotatable bonds is 7. The van der Waals surface area contributed by atoms with Crippen molar-refractivity contribution in [2.24, 2.45) is 0 Å². The molecule has 0 amide bonds. The first-order chi connectivity index (χ1) is 11.7. The van der Waals surface area contributed by atoms with E-state index < -0.39 is 21.7 Å². The summed E-state index contributed by atoms with van der Waals surface area (Å²) in [6.45, 7) is -0.321. The fraction of sp³-hybridized carbons (Fsp3) is 0.118. The van der Waals surface area contributed by atoms with Crippen molar-refractivity contribution in [2.45, 2.75) is 5.21 Å². The summed E-state index contributed by atoms with van der Waals surface area (Å²) in [4.78, 5) is 10.7. The van der Waals surface area contributed by atoms with Crippen molar-refractivity contribution < 1.29 is 14.6 Å². The van der Waals surface area contributed by atoms with Gasteiger partial charge in [-0.25, -0.2) is 0 Å². The second-order valence-electron chi connectivity index (χ2n) is 5.08. The molecule has 1 atom stereocenters. The van der Waals surface area contributed by atoms with E-state index in [9.17, 15) is 4.79 Å². The SMILES string of the molecule is O=C(O)COc1ccccc1C[AsH]c1cccc(-c2c[nH]nn2)c1. The number of aromatic nitrogens is 3. The molecule has 1 unspecified atom stereocenters. The quantitative estimate of drug-likeness (QED) is 0.597. The molecule has 0 saturated carbocycles. The summed E-state index contributed by atoms with van der Waals surface area (Å²) >= 11 is -0.425. The van der Waals surface area contributed by atoms with Crippen LogP contribution in [0.3, 0.4) is 0 Å². The number of carbonyl (C=O) groups is 1. The summed E-state index contributed by atoms with van der Waals surface area (Å²) in [6, 6.07) is 15.9. The Hall–Kier alpha value is -2.59. The van der Waals surface area contributed by atoms with Crippen molar-refractivity contribution >= 4 is 26.1 Å². The Morgan fingerprint density at radius 3 is 2.88 bits per heavy atom. The van der Waals surface area contributed by atoms with Gasteiger partial charge in [0.2, 0.25) is 0 Å². The van der Waals surface area contributed by atoms with Gasteiger partial charge < -0.3 is 0 Å². The summed E-state index contributed by atoms with van der Waals surface area (Å²) in [7, 11) is 0. The van der Waals surface area contributed by atoms with E-state index in [1.807, 2.05) is 36.4 Å². The van der Waals surface area contributed by atoms with Crippen molar-refractivity contribution in [3.8, 4) is 17.0 Å². The van der Waals surface area contributed by atoms with Crippen LogP contribution in [-0.2, 0) is 10.0 Å². The van der Waals surface area contributed by atoms with Crippen molar-refractivity contribution in [3.63, 3.8) is 0 Å². The van der Waals surface area contributed by atoms with Crippen molar-refractivity contribution in [1.82, 2.24) is 15.4 Å². The summed E-state index contributed by atoms with van der Waals surface area (Å²) in [5, 5.41) is 20.1. The van der Waals surface area contributed by atoms with Crippen LogP contribution in [0.1, 0.15) is 5.56 Å². The Labute approximate surface area is 145 Å². The number of hydrogen-bond acceptors (Lipinski definition) is 4. The first-order valence-electron chi connectivity index (χ1n) is 7.35. The first kappa shape index (κ1) is 16.3. The molecule has 3 rings (SSSR count). The number of aliphatic carboxylic acids is 1. The number of nitrogens with one attached hydrogen (secondary N) is 1. The van der Waals surface area contributed by atoms with Gasteiger partial charge in [0, 0.05) is 0 Å². The van der Waals surface area contributed by atoms with E-state index >= 15 is 0 Å². The Bertz CT molecular complexity index is 821. The third-order valence-electron chi connectivity index (χ3n) is 3.38. The molecule has 122 valence electrons. The standard InChI is InChI=1S/C17H16AsN3O3/c22-17(23)11-24-16-7-2-1-4-13(16)9-18-14-6-3-5-12(8-14)15-10-19-21-20-15/h1-8,10,18H,9,11H2,(H,22,23)(H,19,20,21). The van der Waals surface area contributed by atoms with Crippen LogP contribution in [0.25, 0.3) is 11.3 Å². The second-order valence-corrected chi connectivity index (χ2v) is 7.78. The Morgan fingerprint density at radius 1 is 1.21 bits per heavy atom. The molecule has 1 heterocycles. The summed E-state index contributed by atoms with van der Waals surface area (Å²) in [6.07, 6.45) is 1.77. The van der Waals surface area contributed by atoms with Gasteiger partial charge in [-0.2, -0.15) is 0 Å². The summed E-state index contributed by atoms with van der Waals surface area (Å²) in [5.74, 6) is -0.322. The number of H-pyrrole nitrogens is 1. The number of benzene rings is 2. The maximum atomic E-state index is 10.7. The van der Waals surface area contributed by atoms with Gasteiger partial charge in [-0.1, -0.05) is 0 Å². The van der Waals surface area contributed by atoms with Gasteiger partial charge in [0.1, 0.15) is 0 Å². The molecule has 0 bridgehead atoms. The average molecular weight is 385 g/mol. The number of para-hydroxylation sites is 1. The van der Waals surface area contributed by atoms with Gasteiger partial charge in [0.15, 0.2) is 0 Å². The molecule has 1 aromatic heterocycles. The number of carboxylic acid groups (broad SMARTS) is 1. The van der Waals surface area contributed by atoms with E-state index in [1.165, 1.54) is 4.35 Å². The van der Waals surface area contributed by atoms with Crippen LogP contribution < -0.4 is 9.09 Å². The van der Waals surface area contributed by atoms with Gasteiger partial charge in [-0.05, 0) is 0 Å². The van der Waals surface area contributed by atoms with E-state index in [1.54, 1.807) is 6.20 Å². The zero-order chi connectivity index (χ0) is 16.8. The van der Waals surface area contributed by atoms with E-state index in [2.05, 4.69) is 27.5 Å². The van der Waals surface area contributed by atoms with Gasteiger partial charge in [0.25, 0.3) is 0 Å². The molecule has 0 aliphatic rings. The van der Waals surface area contributed by atoms with Crippen LogP contribution in [0.5, 0.6) is 5.75 Å². The van der Waals surface area contributed by atoms with Crippen molar-refractivity contribution in [3.05, 3.63) is 60.3 Å². The number of hydrogen-bond donors (Lipinski definition) is 2. The zero-order valence-corrected chi connectivity index (χ0v) is 14.9. The van der Waals surface area contributed by atoms with Gasteiger partial charge in [0.05, 0.1) is 0 Å². The van der Waals surface area contributed by atoms with Crippen LogP contribution in [-0.4, -0.2) is 48.8 Å². The predicted molar refractivity (Wildman–Crippen MR) is 91.9 cm³/mol. The molecule has 6 nitrogen and oxygen atoms in total. The minimum atomic E-state index is -0.971. The second kappa shape index (κ2) is 7.79. The molecular formula is C17H16AsN3O3. The topological polar surface area (TPSA) is 88.1 Å². The van der Waals surface area contributed by atoms with Crippen LogP contribution >= 0.6 is 0 Å². The first-order valence-corrected chi connectivity index (χ1v) is 9.89. The van der Waals surface area contributed by atoms with Gasteiger partial charge >= 0.3 is 145 Å². The molecule has 0 saturated heterocycles. The zero-order valence-electron chi connectivity index (χ0n) is 12.8. The molecule has 2 N–H and O–H groups in total. The number of aromatic amines is 1. The number of carboxylic acids is 1. The summed E-state index contributed by atoms with van der Waals surface area (Å²) in [5.41, 5.74) is 2.92. The maximum absolute atomic E-state index is 10.7. The minimum absolute atomic E-state index is 0.321. The van der Waals surface area contributed by atoms with Crippen LogP contribution in [0.15, 0.2) is 54.7 Å². The van der Waals surface area contributed by atoms with Crippen LogP contribution in [0.2, 0.25) is 0 Å². The number of ether oxygens (including phenoxy) is 1. The fourth-order valence-electron chi connectivity index (χ4n) is 2.26. The van der Waals surface area contributed by atoms with Crippen molar-refractivity contribution in [2.75, 3.05) is 6.61 Å². The molecule has 3 aromatic rings. The summed E-state index contributed by atoms with van der Waals surface area (Å²) < 4.78 is 6.66.